The molecule has 1 atom stereocenters. The van der Waals surface area contributed by atoms with Crippen molar-refractivity contribution in [2.24, 2.45) is 4.99 Å². The Morgan fingerprint density at radius 1 is 1.38 bits per heavy atom. The highest BCUT2D eigenvalue weighted by molar-refractivity contribution is 5.64. The molecule has 1 heterocycles. The third-order valence-corrected chi connectivity index (χ3v) is 2.33. The molecule has 1 aliphatic heterocycles. The molecular weight excluding hydrogens is 206 g/mol. The summed E-state index contributed by atoms with van der Waals surface area (Å²) in [5.41, 5.74) is 1.04. The normalized spacial score (nSPS) is 18.8. The van der Waals surface area contributed by atoms with Crippen LogP contribution < -0.4 is 0 Å². The van der Waals surface area contributed by atoms with Crippen LogP contribution in [0.5, 0.6) is 0 Å². The monoisotopic (exact) mass is 217 g/mol. The lowest BCUT2D eigenvalue weighted by atomic mass is 10.2. The molecule has 2 rings (SSSR count). The molecule has 1 aliphatic rings. The molecule has 82 valence electrons. The van der Waals surface area contributed by atoms with Crippen molar-refractivity contribution in [1.29, 1.82) is 0 Å². The van der Waals surface area contributed by atoms with Gasteiger partial charge in [-0.2, -0.15) is 0 Å². The van der Waals surface area contributed by atoms with Gasteiger partial charge in [-0.1, -0.05) is 30.3 Å². The van der Waals surface area contributed by atoms with E-state index >= 15 is 0 Å². The quantitative estimate of drug-likeness (QED) is 0.571. The zero-order chi connectivity index (χ0) is 11.4. The lowest BCUT2D eigenvalue weighted by molar-refractivity contribution is -0.525. The van der Waals surface area contributed by atoms with Crippen LogP contribution in [0.15, 0.2) is 47.7 Å². The summed E-state index contributed by atoms with van der Waals surface area (Å²) in [6.07, 6.45) is 3.66. The van der Waals surface area contributed by atoms with Gasteiger partial charge in [-0.15, -0.1) is 0 Å². The fourth-order valence-corrected chi connectivity index (χ4v) is 1.54. The van der Waals surface area contributed by atoms with Crippen LogP contribution in [0.3, 0.4) is 0 Å². The van der Waals surface area contributed by atoms with Crippen molar-refractivity contribution in [2.45, 2.75) is 12.7 Å². The number of hydrogen-bond donors (Lipinski definition) is 0. The molecule has 1 aromatic rings. The Hall–Kier alpha value is -2.17. The van der Waals surface area contributed by atoms with Crippen LogP contribution in [0, 0.1) is 10.1 Å². The third kappa shape index (κ3) is 2.25. The number of hydrogen-bond acceptors (Lipinski definition) is 4. The maximum Gasteiger partial charge on any atom is 0.322 e. The van der Waals surface area contributed by atoms with E-state index in [-0.39, 0.29) is 4.92 Å². The van der Waals surface area contributed by atoms with Crippen LogP contribution in [-0.4, -0.2) is 22.2 Å². The predicted octanol–water partition coefficient (Wildman–Crippen LogP) is 1.65. The van der Waals surface area contributed by atoms with Crippen molar-refractivity contribution in [3.05, 3.63) is 58.4 Å². The van der Waals surface area contributed by atoms with Crippen molar-refractivity contribution < 1.29 is 4.92 Å². The van der Waals surface area contributed by atoms with Gasteiger partial charge in [-0.25, -0.2) is 0 Å². The van der Waals surface area contributed by atoms with Gasteiger partial charge in [0, 0.05) is 18.9 Å². The molecule has 0 amide bonds. The first-order chi connectivity index (χ1) is 7.77. The molecule has 1 unspecified atom stereocenters. The fraction of sp³-hybridized carbons (Fsp3) is 0.182. The summed E-state index contributed by atoms with van der Waals surface area (Å²) in [6, 6.07) is 9.63. The van der Waals surface area contributed by atoms with E-state index in [4.69, 9.17) is 0 Å². The zero-order valence-electron chi connectivity index (χ0n) is 8.56. The summed E-state index contributed by atoms with van der Waals surface area (Å²) in [7, 11) is 0. The maximum atomic E-state index is 10.8. The first kappa shape index (κ1) is 10.4. The highest BCUT2D eigenvalue weighted by Gasteiger charge is 2.25. The molecular formula is C11H11N3O2. The Bertz CT molecular complexity index is 428. The molecule has 0 N–H and O–H groups in total. The average molecular weight is 217 g/mol. The first-order valence-corrected chi connectivity index (χ1v) is 4.90. The van der Waals surface area contributed by atoms with Crippen LogP contribution in [0.25, 0.3) is 0 Å². The van der Waals surface area contributed by atoms with Gasteiger partial charge in [0.1, 0.15) is 0 Å². The molecule has 5 nitrogen and oxygen atoms in total. The summed E-state index contributed by atoms with van der Waals surface area (Å²) in [5.74, 6) is 0. The van der Waals surface area contributed by atoms with Gasteiger partial charge in [0.05, 0.1) is 11.1 Å². The second kappa shape index (κ2) is 4.57. The summed E-state index contributed by atoms with van der Waals surface area (Å²) >= 11 is 0. The third-order valence-electron chi connectivity index (χ3n) is 2.33. The molecule has 16 heavy (non-hydrogen) atoms. The molecule has 1 aromatic carbocycles. The summed E-state index contributed by atoms with van der Waals surface area (Å²) in [5, 5.41) is 10.8. The van der Waals surface area contributed by atoms with Crippen LogP contribution in [-0.2, 0) is 6.54 Å². The molecule has 0 radical (unpaired) electrons. The fourth-order valence-electron chi connectivity index (χ4n) is 1.54. The molecule has 0 saturated carbocycles. The number of benzene rings is 1. The topological polar surface area (TPSA) is 58.7 Å². The Labute approximate surface area is 92.9 Å². The van der Waals surface area contributed by atoms with Crippen LogP contribution in [0.4, 0.5) is 0 Å². The van der Waals surface area contributed by atoms with E-state index in [1.54, 1.807) is 17.3 Å². The standard InChI is InChI=1S/C11H11N3O2/c15-14(16)11-8-12-6-7-13(11)9-10-4-2-1-3-5-10/h1-8,11H,9H2. The maximum absolute atomic E-state index is 10.8. The van der Waals surface area contributed by atoms with Crippen molar-refractivity contribution in [2.75, 3.05) is 0 Å². The van der Waals surface area contributed by atoms with Gasteiger partial charge in [0.2, 0.25) is 0 Å². The Balaban J connectivity index is 2.12. The first-order valence-electron chi connectivity index (χ1n) is 4.90. The zero-order valence-corrected chi connectivity index (χ0v) is 8.56. The van der Waals surface area contributed by atoms with Crippen LogP contribution in [0.1, 0.15) is 5.56 Å². The van der Waals surface area contributed by atoms with Crippen molar-refractivity contribution in [1.82, 2.24) is 4.90 Å². The van der Waals surface area contributed by atoms with Crippen molar-refractivity contribution in [3.63, 3.8) is 0 Å². The molecule has 0 bridgehead atoms. The van der Waals surface area contributed by atoms with E-state index in [1.807, 2.05) is 30.3 Å². The average Bonchev–Trinajstić information content (AvgIpc) is 2.31. The smallest absolute Gasteiger partial charge is 0.306 e. The second-order valence-corrected chi connectivity index (χ2v) is 3.45. The lowest BCUT2D eigenvalue weighted by Crippen LogP contribution is -2.39. The molecule has 0 fully saturated rings. The largest absolute Gasteiger partial charge is 0.322 e. The van der Waals surface area contributed by atoms with E-state index in [1.165, 1.54) is 6.21 Å². The minimum absolute atomic E-state index is 0.351. The summed E-state index contributed by atoms with van der Waals surface area (Å²) in [6.45, 7) is 0.509. The van der Waals surface area contributed by atoms with Crippen molar-refractivity contribution in [3.8, 4) is 0 Å². The second-order valence-electron chi connectivity index (χ2n) is 3.45. The van der Waals surface area contributed by atoms with Gasteiger partial charge in [0.25, 0.3) is 0 Å². The van der Waals surface area contributed by atoms with Gasteiger partial charge < -0.3 is 4.90 Å². The Morgan fingerprint density at radius 3 is 2.81 bits per heavy atom. The predicted molar refractivity (Wildman–Crippen MR) is 60.4 cm³/mol. The highest BCUT2D eigenvalue weighted by Crippen LogP contribution is 2.11. The molecule has 0 spiro atoms. The van der Waals surface area contributed by atoms with Gasteiger partial charge in [0.15, 0.2) is 0 Å². The van der Waals surface area contributed by atoms with E-state index in [9.17, 15) is 10.1 Å². The van der Waals surface area contributed by atoms with Crippen LogP contribution >= 0.6 is 0 Å². The molecule has 5 heteroatoms. The Kier molecular flexibility index (Phi) is 2.95. The lowest BCUT2D eigenvalue weighted by Gasteiger charge is -2.23. The van der Waals surface area contributed by atoms with Crippen molar-refractivity contribution >= 4 is 6.21 Å². The molecule has 0 aromatic heterocycles. The minimum atomic E-state index is -0.870. The van der Waals surface area contributed by atoms with Crippen LogP contribution in [0.2, 0.25) is 0 Å². The van der Waals surface area contributed by atoms with Gasteiger partial charge in [-0.3, -0.25) is 15.1 Å². The summed E-state index contributed by atoms with van der Waals surface area (Å²) in [4.78, 5) is 15.9. The van der Waals surface area contributed by atoms with Gasteiger partial charge >= 0.3 is 6.17 Å². The van der Waals surface area contributed by atoms with E-state index in [0.29, 0.717) is 6.54 Å². The highest BCUT2D eigenvalue weighted by atomic mass is 16.6. The van der Waals surface area contributed by atoms with E-state index in [2.05, 4.69) is 4.99 Å². The SMILES string of the molecule is O=[N+]([O-])C1C=NC=CN1Cc1ccccc1. The molecule has 0 aliphatic carbocycles. The number of aliphatic imine (C=N–C) groups is 1. The summed E-state index contributed by atoms with van der Waals surface area (Å²) < 4.78 is 0. The number of nitro groups is 1. The Morgan fingerprint density at radius 2 is 2.12 bits per heavy atom. The van der Waals surface area contributed by atoms with E-state index in [0.717, 1.165) is 5.56 Å². The molecule has 0 saturated heterocycles. The van der Waals surface area contributed by atoms with E-state index < -0.39 is 6.17 Å². The minimum Gasteiger partial charge on any atom is -0.306 e. The number of nitrogens with zero attached hydrogens (tertiary/aromatic N) is 3. The number of rotatable bonds is 3. The van der Waals surface area contributed by atoms with Gasteiger partial charge in [-0.05, 0) is 5.56 Å².